The van der Waals surface area contributed by atoms with Crippen molar-refractivity contribution in [3.8, 4) is 12.3 Å². The van der Waals surface area contributed by atoms with Crippen molar-refractivity contribution in [2.45, 2.75) is 31.9 Å². The normalized spacial score (nSPS) is 16.1. The summed E-state index contributed by atoms with van der Waals surface area (Å²) in [5.41, 5.74) is 0.0554. The van der Waals surface area contributed by atoms with E-state index in [0.717, 1.165) is 5.56 Å². The second kappa shape index (κ2) is 5.69. The summed E-state index contributed by atoms with van der Waals surface area (Å²) < 4.78 is 0. The molecule has 0 aliphatic heterocycles. The zero-order valence-electron chi connectivity index (χ0n) is 9.90. The van der Waals surface area contributed by atoms with Crippen LogP contribution in [0.4, 0.5) is 0 Å². The van der Waals surface area contributed by atoms with E-state index in [1.54, 1.807) is 6.92 Å². The molecule has 0 saturated heterocycles. The molecule has 0 fully saturated rings. The van der Waals surface area contributed by atoms with E-state index >= 15 is 0 Å². The average Bonchev–Trinajstić information content (AvgIpc) is 2.28. The van der Waals surface area contributed by atoms with Gasteiger partial charge in [0.1, 0.15) is 0 Å². The Kier molecular flexibility index (Phi) is 4.54. The van der Waals surface area contributed by atoms with Crippen molar-refractivity contribution in [1.82, 2.24) is 5.32 Å². The highest BCUT2D eigenvalue weighted by Crippen LogP contribution is 2.19. The third-order valence-electron chi connectivity index (χ3n) is 2.61. The zero-order chi connectivity index (χ0) is 12.0. The van der Waals surface area contributed by atoms with Crippen molar-refractivity contribution in [1.29, 1.82) is 0 Å². The molecule has 2 heteroatoms. The van der Waals surface area contributed by atoms with Crippen LogP contribution < -0.4 is 5.32 Å². The molecular formula is C14H19NO. The average molecular weight is 217 g/mol. The Morgan fingerprint density at radius 2 is 2.06 bits per heavy atom. The van der Waals surface area contributed by atoms with Crippen LogP contribution in [0.15, 0.2) is 30.3 Å². The topological polar surface area (TPSA) is 32.3 Å². The molecule has 0 radical (unpaired) electrons. The molecule has 86 valence electrons. The van der Waals surface area contributed by atoms with Gasteiger partial charge in [0.25, 0.3) is 0 Å². The van der Waals surface area contributed by atoms with E-state index in [9.17, 15) is 5.11 Å². The SMILES string of the molecule is C#CCC(C)NCC(C)(O)c1ccccc1. The third-order valence-corrected chi connectivity index (χ3v) is 2.61. The van der Waals surface area contributed by atoms with Crippen LogP contribution in [0.1, 0.15) is 25.8 Å². The van der Waals surface area contributed by atoms with Gasteiger partial charge in [0, 0.05) is 19.0 Å². The molecule has 2 N–H and O–H groups in total. The van der Waals surface area contributed by atoms with Crippen LogP contribution in [0, 0.1) is 12.3 Å². The number of terminal acetylenes is 1. The molecule has 0 saturated carbocycles. The lowest BCUT2D eigenvalue weighted by Crippen LogP contribution is -2.39. The lowest BCUT2D eigenvalue weighted by molar-refractivity contribution is 0.0545. The Morgan fingerprint density at radius 3 is 2.62 bits per heavy atom. The number of rotatable bonds is 5. The summed E-state index contributed by atoms with van der Waals surface area (Å²) in [5.74, 6) is 2.60. The molecule has 1 rings (SSSR count). The van der Waals surface area contributed by atoms with E-state index in [-0.39, 0.29) is 6.04 Å². The predicted octanol–water partition coefficient (Wildman–Crippen LogP) is 1.90. The third kappa shape index (κ3) is 3.69. The van der Waals surface area contributed by atoms with E-state index in [2.05, 4.69) is 11.2 Å². The Morgan fingerprint density at radius 1 is 1.44 bits per heavy atom. The van der Waals surface area contributed by atoms with E-state index in [4.69, 9.17) is 6.42 Å². The molecule has 2 nitrogen and oxygen atoms in total. The van der Waals surface area contributed by atoms with Gasteiger partial charge in [-0.25, -0.2) is 0 Å². The van der Waals surface area contributed by atoms with E-state index in [1.807, 2.05) is 37.3 Å². The molecule has 0 aliphatic rings. The van der Waals surface area contributed by atoms with Gasteiger partial charge in [-0.1, -0.05) is 30.3 Å². The van der Waals surface area contributed by atoms with Crippen LogP contribution in [0.5, 0.6) is 0 Å². The molecule has 2 atom stereocenters. The number of aliphatic hydroxyl groups is 1. The summed E-state index contributed by atoms with van der Waals surface area (Å²) in [5, 5.41) is 13.5. The fourth-order valence-corrected chi connectivity index (χ4v) is 1.52. The Balaban J connectivity index is 2.56. The molecule has 16 heavy (non-hydrogen) atoms. The van der Waals surface area contributed by atoms with Crippen molar-refractivity contribution in [2.75, 3.05) is 6.54 Å². The molecule has 0 bridgehead atoms. The molecule has 0 amide bonds. The van der Waals surface area contributed by atoms with Crippen molar-refractivity contribution in [3.63, 3.8) is 0 Å². The Labute approximate surface area is 97.7 Å². The summed E-state index contributed by atoms with van der Waals surface area (Å²) in [7, 11) is 0. The number of benzene rings is 1. The van der Waals surface area contributed by atoms with Gasteiger partial charge in [-0.05, 0) is 19.4 Å². The van der Waals surface area contributed by atoms with Crippen LogP contribution in [-0.2, 0) is 5.60 Å². The first kappa shape index (κ1) is 12.8. The minimum absolute atomic E-state index is 0.222. The van der Waals surface area contributed by atoms with Crippen LogP contribution in [-0.4, -0.2) is 17.7 Å². The van der Waals surface area contributed by atoms with Gasteiger partial charge in [0.2, 0.25) is 0 Å². The summed E-state index contributed by atoms with van der Waals surface area (Å²) in [6.45, 7) is 4.32. The van der Waals surface area contributed by atoms with Gasteiger partial charge < -0.3 is 10.4 Å². The van der Waals surface area contributed by atoms with Crippen LogP contribution >= 0.6 is 0 Å². The highest BCUT2D eigenvalue weighted by Gasteiger charge is 2.22. The van der Waals surface area contributed by atoms with Crippen LogP contribution in [0.3, 0.4) is 0 Å². The maximum absolute atomic E-state index is 10.3. The molecule has 0 spiro atoms. The van der Waals surface area contributed by atoms with E-state index < -0.39 is 5.60 Å². The van der Waals surface area contributed by atoms with Crippen molar-refractivity contribution in [2.24, 2.45) is 0 Å². The molecule has 1 aromatic carbocycles. The van der Waals surface area contributed by atoms with Gasteiger partial charge in [0.05, 0.1) is 5.60 Å². The van der Waals surface area contributed by atoms with Crippen molar-refractivity contribution < 1.29 is 5.11 Å². The predicted molar refractivity (Wildman–Crippen MR) is 66.9 cm³/mol. The van der Waals surface area contributed by atoms with Gasteiger partial charge in [-0.2, -0.15) is 0 Å². The van der Waals surface area contributed by atoms with Crippen LogP contribution in [0.2, 0.25) is 0 Å². The summed E-state index contributed by atoms with van der Waals surface area (Å²) in [4.78, 5) is 0. The van der Waals surface area contributed by atoms with E-state index in [1.165, 1.54) is 0 Å². The summed E-state index contributed by atoms with van der Waals surface area (Å²) >= 11 is 0. The zero-order valence-corrected chi connectivity index (χ0v) is 9.90. The highest BCUT2D eigenvalue weighted by molar-refractivity contribution is 5.21. The van der Waals surface area contributed by atoms with Crippen molar-refractivity contribution in [3.05, 3.63) is 35.9 Å². The molecular weight excluding hydrogens is 198 g/mol. The fourth-order valence-electron chi connectivity index (χ4n) is 1.52. The maximum atomic E-state index is 10.3. The molecule has 2 unspecified atom stereocenters. The summed E-state index contributed by atoms with van der Waals surface area (Å²) in [6.07, 6.45) is 5.90. The second-order valence-corrected chi connectivity index (χ2v) is 4.33. The van der Waals surface area contributed by atoms with Crippen molar-refractivity contribution >= 4 is 0 Å². The maximum Gasteiger partial charge on any atom is 0.0992 e. The largest absolute Gasteiger partial charge is 0.384 e. The molecule has 0 aliphatic carbocycles. The monoisotopic (exact) mass is 217 g/mol. The quantitative estimate of drug-likeness (QED) is 0.738. The smallest absolute Gasteiger partial charge is 0.0992 e. The standard InChI is InChI=1S/C14H19NO/c1-4-8-12(2)15-11-14(3,16)13-9-6-5-7-10-13/h1,5-7,9-10,12,15-16H,8,11H2,2-3H3. The van der Waals surface area contributed by atoms with Gasteiger partial charge in [0.15, 0.2) is 0 Å². The minimum Gasteiger partial charge on any atom is -0.384 e. The Hall–Kier alpha value is -1.30. The van der Waals surface area contributed by atoms with E-state index in [0.29, 0.717) is 13.0 Å². The summed E-state index contributed by atoms with van der Waals surface area (Å²) in [6, 6.07) is 9.86. The Bertz CT molecular complexity index is 351. The fraction of sp³-hybridized carbons (Fsp3) is 0.429. The first-order chi connectivity index (χ1) is 7.56. The van der Waals surface area contributed by atoms with Gasteiger partial charge in [-0.3, -0.25) is 0 Å². The second-order valence-electron chi connectivity index (χ2n) is 4.33. The first-order valence-corrected chi connectivity index (χ1v) is 5.51. The van der Waals surface area contributed by atoms with Gasteiger partial charge >= 0.3 is 0 Å². The number of hydrogen-bond acceptors (Lipinski definition) is 2. The molecule has 0 heterocycles. The number of hydrogen-bond donors (Lipinski definition) is 2. The lowest BCUT2D eigenvalue weighted by Gasteiger charge is -2.26. The number of nitrogens with one attached hydrogen (secondary N) is 1. The molecule has 1 aromatic rings. The molecule has 0 aromatic heterocycles. The first-order valence-electron chi connectivity index (χ1n) is 5.51. The highest BCUT2D eigenvalue weighted by atomic mass is 16.3. The van der Waals surface area contributed by atoms with Crippen LogP contribution in [0.25, 0.3) is 0 Å². The lowest BCUT2D eigenvalue weighted by atomic mass is 9.96. The minimum atomic E-state index is -0.857. The van der Waals surface area contributed by atoms with Gasteiger partial charge in [-0.15, -0.1) is 12.3 Å².